The highest BCUT2D eigenvalue weighted by atomic mass is 32.2. The van der Waals surface area contributed by atoms with E-state index in [2.05, 4.69) is 5.32 Å². The van der Waals surface area contributed by atoms with Gasteiger partial charge in [0.1, 0.15) is 29.9 Å². The topological polar surface area (TPSA) is 96.0 Å². The number of sulfonamides is 1. The molecule has 0 unspecified atom stereocenters. The normalized spacial score (nSPS) is 11.8. The Balaban J connectivity index is 1.71. The van der Waals surface area contributed by atoms with Crippen molar-refractivity contribution >= 4 is 27.5 Å². The third-order valence-electron chi connectivity index (χ3n) is 7.19. The van der Waals surface area contributed by atoms with Gasteiger partial charge in [0.25, 0.3) is 10.0 Å². The Bertz CT molecular complexity index is 1660. The van der Waals surface area contributed by atoms with Gasteiger partial charge in [-0.3, -0.25) is 13.9 Å². The molecule has 0 heterocycles. The second kappa shape index (κ2) is 15.3. The molecular formula is C35H38FN3O5S. The highest BCUT2D eigenvalue weighted by Crippen LogP contribution is 2.29. The van der Waals surface area contributed by atoms with Gasteiger partial charge in [0.05, 0.1) is 10.6 Å². The van der Waals surface area contributed by atoms with Gasteiger partial charge in [-0.1, -0.05) is 61.9 Å². The fourth-order valence-corrected chi connectivity index (χ4v) is 6.16. The molecule has 4 rings (SSSR count). The number of rotatable bonds is 14. The quantitative estimate of drug-likeness (QED) is 0.173. The molecule has 1 N–H and O–H groups in total. The fourth-order valence-electron chi connectivity index (χ4n) is 4.74. The fraction of sp³-hybridized carbons (Fsp3) is 0.257. The molecule has 2 amide bonds. The SMILES string of the molecule is CCCNC(=O)[C@@H](CC)N(Cc1ccc(F)cc1)C(=O)CN(c1ccc(Oc2ccccc2)cc1)S(=O)(=O)c1ccc(C)cc1. The van der Waals surface area contributed by atoms with E-state index in [4.69, 9.17) is 4.74 Å². The Hall–Kier alpha value is -4.70. The summed E-state index contributed by atoms with van der Waals surface area (Å²) in [4.78, 5) is 28.7. The summed E-state index contributed by atoms with van der Waals surface area (Å²) in [7, 11) is -4.22. The molecule has 0 saturated carbocycles. The molecule has 0 radical (unpaired) electrons. The summed E-state index contributed by atoms with van der Waals surface area (Å²) in [6.07, 6.45) is 0.999. The van der Waals surface area contributed by atoms with Crippen molar-refractivity contribution in [2.24, 2.45) is 0 Å². The van der Waals surface area contributed by atoms with Crippen LogP contribution in [0.5, 0.6) is 11.5 Å². The van der Waals surface area contributed by atoms with Crippen LogP contribution in [0.2, 0.25) is 0 Å². The van der Waals surface area contributed by atoms with Crippen LogP contribution in [0.3, 0.4) is 0 Å². The number of hydrogen-bond acceptors (Lipinski definition) is 5. The maximum absolute atomic E-state index is 14.2. The Labute approximate surface area is 264 Å². The van der Waals surface area contributed by atoms with Crippen LogP contribution in [0.25, 0.3) is 0 Å². The number of amides is 2. The van der Waals surface area contributed by atoms with Gasteiger partial charge in [0.15, 0.2) is 0 Å². The van der Waals surface area contributed by atoms with Crippen molar-refractivity contribution < 1.29 is 27.1 Å². The molecule has 8 nitrogen and oxygen atoms in total. The summed E-state index contributed by atoms with van der Waals surface area (Å²) in [5.41, 5.74) is 1.73. The van der Waals surface area contributed by atoms with E-state index in [0.29, 0.717) is 36.4 Å². The number of anilines is 1. The molecular weight excluding hydrogens is 593 g/mol. The number of aryl methyl sites for hydroxylation is 1. The Morgan fingerprint density at radius 2 is 1.47 bits per heavy atom. The summed E-state index contributed by atoms with van der Waals surface area (Å²) in [6, 6.07) is 26.7. The lowest BCUT2D eigenvalue weighted by Crippen LogP contribution is -2.52. The molecule has 45 heavy (non-hydrogen) atoms. The number of halogens is 1. The monoisotopic (exact) mass is 631 g/mol. The highest BCUT2D eigenvalue weighted by molar-refractivity contribution is 7.92. The van der Waals surface area contributed by atoms with Crippen LogP contribution < -0.4 is 14.4 Å². The number of nitrogens with one attached hydrogen (secondary N) is 1. The Kier molecular flexibility index (Phi) is 11.3. The Morgan fingerprint density at radius 3 is 2.07 bits per heavy atom. The standard InChI is InChI=1S/C35H38FN3O5S/c1-4-23-37-35(41)33(5-2)38(24-27-13-15-28(36)16-14-27)34(40)25-39(45(42,43)32-21-11-26(3)12-22-32)29-17-19-31(20-18-29)44-30-9-7-6-8-10-30/h6-22,33H,4-5,23-25H2,1-3H3,(H,37,41)/t33-/m1/s1. The van der Waals surface area contributed by atoms with Crippen molar-refractivity contribution in [3.63, 3.8) is 0 Å². The molecule has 0 aliphatic rings. The summed E-state index contributed by atoms with van der Waals surface area (Å²) < 4.78 is 48.8. The van der Waals surface area contributed by atoms with Gasteiger partial charge in [0.2, 0.25) is 11.8 Å². The van der Waals surface area contributed by atoms with Gasteiger partial charge >= 0.3 is 0 Å². The van der Waals surface area contributed by atoms with Gasteiger partial charge in [-0.25, -0.2) is 12.8 Å². The number of benzene rings is 4. The van der Waals surface area contributed by atoms with E-state index in [1.807, 2.05) is 32.0 Å². The molecule has 0 aliphatic carbocycles. The maximum Gasteiger partial charge on any atom is 0.264 e. The Morgan fingerprint density at radius 1 is 0.844 bits per heavy atom. The molecule has 0 saturated heterocycles. The summed E-state index contributed by atoms with van der Waals surface area (Å²) >= 11 is 0. The predicted octanol–water partition coefficient (Wildman–Crippen LogP) is 6.46. The van der Waals surface area contributed by atoms with Crippen LogP contribution in [0.15, 0.2) is 108 Å². The average Bonchev–Trinajstić information content (AvgIpc) is 3.04. The van der Waals surface area contributed by atoms with Crippen molar-refractivity contribution in [1.82, 2.24) is 10.2 Å². The molecule has 236 valence electrons. The first-order valence-corrected chi connectivity index (χ1v) is 16.3. The van der Waals surface area contributed by atoms with E-state index >= 15 is 0 Å². The van der Waals surface area contributed by atoms with Crippen LogP contribution in [0.4, 0.5) is 10.1 Å². The molecule has 0 fully saturated rings. The van der Waals surface area contributed by atoms with Gasteiger partial charge < -0.3 is 15.0 Å². The molecule has 0 aromatic heterocycles. The van der Waals surface area contributed by atoms with E-state index in [1.165, 1.54) is 29.2 Å². The van der Waals surface area contributed by atoms with E-state index < -0.39 is 34.3 Å². The maximum atomic E-state index is 14.2. The van der Waals surface area contributed by atoms with Crippen molar-refractivity contribution in [3.05, 3.63) is 120 Å². The zero-order valence-electron chi connectivity index (χ0n) is 25.6. The number of nitrogens with zero attached hydrogens (tertiary/aromatic N) is 2. The zero-order valence-corrected chi connectivity index (χ0v) is 26.5. The van der Waals surface area contributed by atoms with Crippen molar-refractivity contribution in [3.8, 4) is 11.5 Å². The summed E-state index contributed by atoms with van der Waals surface area (Å²) in [6.45, 7) is 5.40. The van der Waals surface area contributed by atoms with Gasteiger partial charge in [-0.05, 0) is 86.0 Å². The van der Waals surface area contributed by atoms with Crippen molar-refractivity contribution in [2.45, 2.75) is 51.1 Å². The molecule has 4 aromatic rings. The minimum atomic E-state index is -4.22. The van der Waals surface area contributed by atoms with Crippen molar-refractivity contribution in [2.75, 3.05) is 17.4 Å². The molecule has 0 spiro atoms. The minimum absolute atomic E-state index is 0.0144. The van der Waals surface area contributed by atoms with E-state index in [1.54, 1.807) is 67.6 Å². The number of carbonyl (C=O) groups excluding carboxylic acids is 2. The molecule has 10 heteroatoms. The van der Waals surface area contributed by atoms with Gasteiger partial charge in [-0.2, -0.15) is 0 Å². The van der Waals surface area contributed by atoms with Crippen LogP contribution in [-0.2, 0) is 26.2 Å². The molecule has 1 atom stereocenters. The molecule has 4 aromatic carbocycles. The molecule has 0 aliphatic heterocycles. The van der Waals surface area contributed by atoms with Gasteiger partial charge in [-0.15, -0.1) is 0 Å². The van der Waals surface area contributed by atoms with Crippen LogP contribution in [0, 0.1) is 12.7 Å². The van der Waals surface area contributed by atoms with Crippen LogP contribution >= 0.6 is 0 Å². The zero-order chi connectivity index (χ0) is 32.4. The highest BCUT2D eigenvalue weighted by Gasteiger charge is 2.33. The van der Waals surface area contributed by atoms with E-state index in [0.717, 1.165) is 9.87 Å². The third kappa shape index (κ3) is 8.69. The number of carbonyl (C=O) groups is 2. The third-order valence-corrected chi connectivity index (χ3v) is 8.98. The van der Waals surface area contributed by atoms with Gasteiger partial charge in [0, 0.05) is 13.1 Å². The van der Waals surface area contributed by atoms with E-state index in [9.17, 15) is 22.4 Å². The molecule has 0 bridgehead atoms. The van der Waals surface area contributed by atoms with E-state index in [-0.39, 0.29) is 23.0 Å². The lowest BCUT2D eigenvalue weighted by Gasteiger charge is -2.33. The average molecular weight is 632 g/mol. The first-order chi connectivity index (χ1) is 21.6. The number of para-hydroxylation sites is 1. The van der Waals surface area contributed by atoms with Crippen LogP contribution in [-0.4, -0.2) is 44.3 Å². The second-order valence-corrected chi connectivity index (χ2v) is 12.5. The van der Waals surface area contributed by atoms with Crippen LogP contribution in [0.1, 0.15) is 37.8 Å². The summed E-state index contributed by atoms with van der Waals surface area (Å²) in [5.74, 6) is -0.254. The first kappa shape index (κ1) is 33.2. The largest absolute Gasteiger partial charge is 0.457 e. The predicted molar refractivity (Wildman–Crippen MR) is 173 cm³/mol. The second-order valence-electron chi connectivity index (χ2n) is 10.6. The summed E-state index contributed by atoms with van der Waals surface area (Å²) in [5, 5.41) is 2.85. The number of ether oxygens (including phenoxy) is 1. The number of hydrogen-bond donors (Lipinski definition) is 1. The van der Waals surface area contributed by atoms with Crippen molar-refractivity contribution in [1.29, 1.82) is 0 Å². The first-order valence-electron chi connectivity index (χ1n) is 14.9. The minimum Gasteiger partial charge on any atom is -0.457 e. The smallest absolute Gasteiger partial charge is 0.264 e. The lowest BCUT2D eigenvalue weighted by molar-refractivity contribution is -0.140. The lowest BCUT2D eigenvalue weighted by atomic mass is 10.1.